The van der Waals surface area contributed by atoms with Crippen molar-refractivity contribution in [2.45, 2.75) is 31.3 Å². The van der Waals surface area contributed by atoms with Crippen LogP contribution in [0.25, 0.3) is 0 Å². The summed E-state index contributed by atoms with van der Waals surface area (Å²) in [4.78, 5) is 18.5. The first kappa shape index (κ1) is 11.0. The number of amides is 1. The van der Waals surface area contributed by atoms with Crippen LogP contribution >= 0.6 is 15.9 Å². The zero-order chi connectivity index (χ0) is 11.8. The SMILES string of the molecule is O=C(c1cncc(Br)c1)N1[C@H]2CC=C[C@H]1CC2. The van der Waals surface area contributed by atoms with Crippen LogP contribution in [0.3, 0.4) is 0 Å². The summed E-state index contributed by atoms with van der Waals surface area (Å²) in [6.45, 7) is 0. The highest BCUT2D eigenvalue weighted by Gasteiger charge is 2.37. The first-order chi connectivity index (χ1) is 8.25. The molecule has 0 aromatic carbocycles. The van der Waals surface area contributed by atoms with Crippen LogP contribution in [0.5, 0.6) is 0 Å². The predicted octanol–water partition coefficient (Wildman–Crippen LogP) is 2.78. The van der Waals surface area contributed by atoms with Crippen LogP contribution in [-0.2, 0) is 0 Å². The third-order valence-corrected chi connectivity index (χ3v) is 3.93. The second-order valence-electron chi connectivity index (χ2n) is 4.57. The third kappa shape index (κ3) is 1.90. The van der Waals surface area contributed by atoms with Crippen molar-refractivity contribution >= 4 is 21.8 Å². The van der Waals surface area contributed by atoms with Gasteiger partial charge in [-0.3, -0.25) is 9.78 Å². The van der Waals surface area contributed by atoms with Crippen molar-refractivity contribution in [1.29, 1.82) is 0 Å². The predicted molar refractivity (Wildman–Crippen MR) is 68.7 cm³/mol. The summed E-state index contributed by atoms with van der Waals surface area (Å²) >= 11 is 3.35. The van der Waals surface area contributed by atoms with Crippen LogP contribution in [0.4, 0.5) is 0 Å². The van der Waals surface area contributed by atoms with Crippen molar-refractivity contribution in [3.05, 3.63) is 40.6 Å². The van der Waals surface area contributed by atoms with Crippen LogP contribution in [-0.4, -0.2) is 27.9 Å². The zero-order valence-corrected chi connectivity index (χ0v) is 10.9. The summed E-state index contributed by atoms with van der Waals surface area (Å²) in [5.41, 5.74) is 0.673. The van der Waals surface area contributed by atoms with Crippen LogP contribution in [0.2, 0.25) is 0 Å². The van der Waals surface area contributed by atoms with Gasteiger partial charge >= 0.3 is 0 Å². The van der Waals surface area contributed by atoms with Crippen molar-refractivity contribution in [2.24, 2.45) is 0 Å². The molecule has 0 spiro atoms. The van der Waals surface area contributed by atoms with E-state index in [-0.39, 0.29) is 5.91 Å². The summed E-state index contributed by atoms with van der Waals surface area (Å²) in [6.07, 6.45) is 10.9. The molecule has 0 saturated carbocycles. The molecule has 2 bridgehead atoms. The summed E-state index contributed by atoms with van der Waals surface area (Å²) in [7, 11) is 0. The minimum atomic E-state index is 0.107. The average Bonchev–Trinajstić information content (AvgIpc) is 2.58. The van der Waals surface area contributed by atoms with Gasteiger partial charge in [0.1, 0.15) is 0 Å². The molecule has 2 aliphatic rings. The quantitative estimate of drug-likeness (QED) is 0.746. The Morgan fingerprint density at radius 1 is 1.41 bits per heavy atom. The number of pyridine rings is 1. The molecule has 3 rings (SSSR count). The lowest BCUT2D eigenvalue weighted by Gasteiger charge is -2.31. The topological polar surface area (TPSA) is 33.2 Å². The molecule has 1 fully saturated rings. The summed E-state index contributed by atoms with van der Waals surface area (Å²) in [6, 6.07) is 2.52. The highest BCUT2D eigenvalue weighted by atomic mass is 79.9. The number of rotatable bonds is 1. The molecule has 0 unspecified atom stereocenters. The molecule has 1 aromatic heterocycles. The molecule has 2 atom stereocenters. The molecule has 3 nitrogen and oxygen atoms in total. The van der Waals surface area contributed by atoms with Crippen molar-refractivity contribution in [3.8, 4) is 0 Å². The van der Waals surface area contributed by atoms with Crippen LogP contribution < -0.4 is 0 Å². The Morgan fingerprint density at radius 3 is 3.06 bits per heavy atom. The van der Waals surface area contributed by atoms with Crippen molar-refractivity contribution in [3.63, 3.8) is 0 Å². The Morgan fingerprint density at radius 2 is 2.29 bits per heavy atom. The molecule has 0 aliphatic carbocycles. The molecule has 88 valence electrons. The molecular formula is C13H13BrN2O. The molecule has 2 aliphatic heterocycles. The Bertz CT molecular complexity index is 486. The Hall–Kier alpha value is -1.16. The third-order valence-electron chi connectivity index (χ3n) is 3.50. The number of carbonyl (C=O) groups is 1. The normalized spacial score (nSPS) is 26.3. The van der Waals surface area contributed by atoms with E-state index in [0.29, 0.717) is 17.6 Å². The van der Waals surface area contributed by atoms with Gasteiger partial charge in [-0.15, -0.1) is 0 Å². The van der Waals surface area contributed by atoms with E-state index in [2.05, 4.69) is 33.1 Å². The molecule has 0 N–H and O–H groups in total. The van der Waals surface area contributed by atoms with E-state index >= 15 is 0 Å². The molecule has 17 heavy (non-hydrogen) atoms. The molecular weight excluding hydrogens is 280 g/mol. The lowest BCUT2D eigenvalue weighted by atomic mass is 10.1. The van der Waals surface area contributed by atoms with E-state index in [1.54, 1.807) is 12.4 Å². The number of carbonyl (C=O) groups excluding carboxylic acids is 1. The molecule has 1 saturated heterocycles. The molecule has 0 radical (unpaired) electrons. The fraction of sp³-hybridized carbons (Fsp3) is 0.385. The van der Waals surface area contributed by atoms with Crippen LogP contribution in [0.1, 0.15) is 29.6 Å². The van der Waals surface area contributed by atoms with E-state index in [9.17, 15) is 4.79 Å². The van der Waals surface area contributed by atoms with Crippen molar-refractivity contribution in [1.82, 2.24) is 9.88 Å². The Kier molecular flexibility index (Phi) is 2.74. The number of fused-ring (bicyclic) bond motifs is 2. The minimum absolute atomic E-state index is 0.107. The summed E-state index contributed by atoms with van der Waals surface area (Å²) < 4.78 is 0.850. The molecule has 4 heteroatoms. The van der Waals surface area contributed by atoms with Gasteiger partial charge < -0.3 is 4.90 Å². The van der Waals surface area contributed by atoms with Gasteiger partial charge in [0.25, 0.3) is 5.91 Å². The molecule has 1 amide bonds. The molecule has 3 heterocycles. The van der Waals surface area contributed by atoms with Crippen molar-refractivity contribution in [2.75, 3.05) is 0 Å². The average molecular weight is 293 g/mol. The number of nitrogens with zero attached hydrogens (tertiary/aromatic N) is 2. The van der Waals surface area contributed by atoms with Gasteiger partial charge in [-0.05, 0) is 41.3 Å². The zero-order valence-electron chi connectivity index (χ0n) is 9.34. The fourth-order valence-corrected chi connectivity index (χ4v) is 3.08. The summed E-state index contributed by atoms with van der Waals surface area (Å²) in [5.74, 6) is 0.107. The van der Waals surface area contributed by atoms with Gasteiger partial charge in [0.05, 0.1) is 11.6 Å². The molecule has 1 aromatic rings. The Balaban J connectivity index is 1.90. The standard InChI is InChI=1S/C13H13BrN2O/c14-10-6-9(7-15-8-10)13(17)16-11-2-1-3-12(16)5-4-11/h1-2,6-8,11-12H,3-5H2/t11-,12-/m0/s1. The number of hydrogen-bond donors (Lipinski definition) is 0. The maximum Gasteiger partial charge on any atom is 0.256 e. The van der Waals surface area contributed by atoms with E-state index < -0.39 is 0 Å². The van der Waals surface area contributed by atoms with Gasteiger partial charge in [-0.25, -0.2) is 0 Å². The first-order valence-corrected chi connectivity index (χ1v) is 6.65. The number of halogens is 1. The highest BCUT2D eigenvalue weighted by Crippen LogP contribution is 2.32. The number of aromatic nitrogens is 1. The highest BCUT2D eigenvalue weighted by molar-refractivity contribution is 9.10. The fourth-order valence-electron chi connectivity index (χ4n) is 2.72. The lowest BCUT2D eigenvalue weighted by Crippen LogP contribution is -2.42. The number of hydrogen-bond acceptors (Lipinski definition) is 2. The van der Waals surface area contributed by atoms with Gasteiger partial charge in [0.2, 0.25) is 0 Å². The lowest BCUT2D eigenvalue weighted by molar-refractivity contribution is 0.0688. The minimum Gasteiger partial charge on any atom is -0.329 e. The van der Waals surface area contributed by atoms with E-state index in [4.69, 9.17) is 0 Å². The van der Waals surface area contributed by atoms with Gasteiger partial charge in [-0.2, -0.15) is 0 Å². The second kappa shape index (κ2) is 4.26. The second-order valence-corrected chi connectivity index (χ2v) is 5.48. The van der Waals surface area contributed by atoms with Gasteiger partial charge in [0.15, 0.2) is 0 Å². The first-order valence-electron chi connectivity index (χ1n) is 5.85. The monoisotopic (exact) mass is 292 g/mol. The summed E-state index contributed by atoms with van der Waals surface area (Å²) in [5, 5.41) is 0. The maximum atomic E-state index is 12.4. The van der Waals surface area contributed by atoms with Crippen molar-refractivity contribution < 1.29 is 4.79 Å². The largest absolute Gasteiger partial charge is 0.329 e. The van der Waals surface area contributed by atoms with E-state index in [0.717, 1.165) is 23.7 Å². The van der Waals surface area contributed by atoms with E-state index in [1.807, 2.05) is 11.0 Å². The van der Waals surface area contributed by atoms with Crippen LogP contribution in [0, 0.1) is 0 Å². The van der Waals surface area contributed by atoms with Crippen LogP contribution in [0.15, 0.2) is 35.1 Å². The maximum absolute atomic E-state index is 12.4. The Labute approximate surface area is 109 Å². The van der Waals surface area contributed by atoms with Gasteiger partial charge in [0, 0.05) is 22.9 Å². The smallest absolute Gasteiger partial charge is 0.256 e. The van der Waals surface area contributed by atoms with E-state index in [1.165, 1.54) is 0 Å². The van der Waals surface area contributed by atoms with Gasteiger partial charge in [-0.1, -0.05) is 12.2 Å².